The van der Waals surface area contributed by atoms with Crippen LogP contribution in [0.25, 0.3) is 0 Å². The molecule has 90 valence electrons. The summed E-state index contributed by atoms with van der Waals surface area (Å²) in [5.74, 6) is -0.288. The summed E-state index contributed by atoms with van der Waals surface area (Å²) in [6.07, 6.45) is 10.2. The smallest absolute Gasteiger partial charge is 0.307 e. The average molecular weight is 216 g/mol. The quantitative estimate of drug-likeness (QED) is 0.347. The van der Waals surface area contributed by atoms with E-state index in [1.54, 1.807) is 0 Å². The highest BCUT2D eigenvalue weighted by molar-refractivity contribution is 5.69. The highest BCUT2D eigenvalue weighted by Gasteiger charge is 2.00. The summed E-state index contributed by atoms with van der Waals surface area (Å²) in [6, 6.07) is 0. The topological polar surface area (TPSA) is 46.5 Å². The van der Waals surface area contributed by atoms with Crippen molar-refractivity contribution in [3.8, 4) is 0 Å². The first kappa shape index (κ1) is 14.4. The second-order valence-electron chi connectivity index (χ2n) is 3.87. The molecule has 0 spiro atoms. The SMILES string of the molecule is CCCCCCCCCCC(=O)OCO. The van der Waals surface area contributed by atoms with Gasteiger partial charge >= 0.3 is 5.97 Å². The van der Waals surface area contributed by atoms with Crippen LogP contribution in [0.2, 0.25) is 0 Å². The van der Waals surface area contributed by atoms with Gasteiger partial charge in [0.25, 0.3) is 0 Å². The predicted molar refractivity (Wildman–Crippen MR) is 60.4 cm³/mol. The zero-order valence-corrected chi connectivity index (χ0v) is 9.83. The van der Waals surface area contributed by atoms with Gasteiger partial charge < -0.3 is 9.84 Å². The molecule has 0 aliphatic rings. The molecule has 3 heteroatoms. The molecule has 0 saturated heterocycles. The number of rotatable bonds is 10. The molecule has 0 rings (SSSR count). The maximum Gasteiger partial charge on any atom is 0.307 e. The van der Waals surface area contributed by atoms with Crippen LogP contribution in [0.4, 0.5) is 0 Å². The molecule has 0 amide bonds. The average Bonchev–Trinajstić information content (AvgIpc) is 2.22. The van der Waals surface area contributed by atoms with Crippen molar-refractivity contribution in [2.45, 2.75) is 64.7 Å². The van der Waals surface area contributed by atoms with Crippen LogP contribution in [0.3, 0.4) is 0 Å². The molecule has 0 aromatic heterocycles. The zero-order chi connectivity index (χ0) is 11.4. The van der Waals surface area contributed by atoms with Gasteiger partial charge in [-0.05, 0) is 6.42 Å². The highest BCUT2D eigenvalue weighted by atomic mass is 16.6. The van der Waals surface area contributed by atoms with Crippen molar-refractivity contribution in [2.24, 2.45) is 0 Å². The van der Waals surface area contributed by atoms with Crippen LogP contribution in [0.1, 0.15) is 64.7 Å². The van der Waals surface area contributed by atoms with Crippen LogP contribution in [-0.2, 0) is 9.53 Å². The van der Waals surface area contributed by atoms with Crippen molar-refractivity contribution in [1.82, 2.24) is 0 Å². The lowest BCUT2D eigenvalue weighted by atomic mass is 10.1. The molecule has 15 heavy (non-hydrogen) atoms. The van der Waals surface area contributed by atoms with Crippen LogP contribution >= 0.6 is 0 Å². The third-order valence-corrected chi connectivity index (χ3v) is 2.46. The number of aliphatic hydroxyl groups is 1. The van der Waals surface area contributed by atoms with Gasteiger partial charge in [0.1, 0.15) is 0 Å². The van der Waals surface area contributed by atoms with E-state index in [-0.39, 0.29) is 5.97 Å². The summed E-state index contributed by atoms with van der Waals surface area (Å²) < 4.78 is 4.42. The van der Waals surface area contributed by atoms with Gasteiger partial charge in [0.2, 0.25) is 0 Å². The lowest BCUT2D eigenvalue weighted by Gasteiger charge is -2.01. The molecule has 0 saturated carbocycles. The minimum Gasteiger partial charge on any atom is -0.439 e. The molecule has 3 nitrogen and oxygen atoms in total. The van der Waals surface area contributed by atoms with E-state index >= 15 is 0 Å². The van der Waals surface area contributed by atoms with Crippen LogP contribution in [0, 0.1) is 0 Å². The van der Waals surface area contributed by atoms with Gasteiger partial charge in [-0.1, -0.05) is 51.9 Å². The minimum absolute atomic E-state index is 0.288. The number of hydrogen-bond donors (Lipinski definition) is 1. The van der Waals surface area contributed by atoms with Crippen LogP contribution in [-0.4, -0.2) is 17.9 Å². The lowest BCUT2D eigenvalue weighted by Crippen LogP contribution is -2.04. The zero-order valence-electron chi connectivity index (χ0n) is 9.83. The van der Waals surface area contributed by atoms with E-state index in [4.69, 9.17) is 5.11 Å². The standard InChI is InChI=1S/C12H24O3/c1-2-3-4-5-6-7-8-9-10-12(14)15-11-13/h13H,2-11H2,1H3. The second kappa shape index (κ2) is 11.5. The van der Waals surface area contributed by atoms with E-state index in [2.05, 4.69) is 11.7 Å². The van der Waals surface area contributed by atoms with E-state index in [1.807, 2.05) is 0 Å². The monoisotopic (exact) mass is 216 g/mol. The Bertz CT molecular complexity index is 146. The summed E-state index contributed by atoms with van der Waals surface area (Å²) >= 11 is 0. The molecular formula is C12H24O3. The number of carbonyl (C=O) groups is 1. The third kappa shape index (κ3) is 11.4. The van der Waals surface area contributed by atoms with Crippen molar-refractivity contribution in [1.29, 1.82) is 0 Å². The largest absolute Gasteiger partial charge is 0.439 e. The number of unbranched alkanes of at least 4 members (excludes halogenated alkanes) is 7. The molecular weight excluding hydrogens is 192 g/mol. The Morgan fingerprint density at radius 3 is 2.07 bits per heavy atom. The first-order valence-electron chi connectivity index (χ1n) is 6.07. The van der Waals surface area contributed by atoms with Gasteiger partial charge in [0, 0.05) is 6.42 Å². The van der Waals surface area contributed by atoms with Crippen LogP contribution < -0.4 is 0 Å². The van der Waals surface area contributed by atoms with E-state index < -0.39 is 6.79 Å². The molecule has 0 aromatic rings. The molecule has 0 fully saturated rings. The molecule has 0 aromatic carbocycles. The Kier molecular flexibility index (Phi) is 11.1. The number of esters is 1. The van der Waals surface area contributed by atoms with E-state index in [9.17, 15) is 4.79 Å². The molecule has 1 N–H and O–H groups in total. The Hall–Kier alpha value is -0.570. The minimum atomic E-state index is -0.490. The Labute approximate surface area is 92.8 Å². The number of hydrogen-bond acceptors (Lipinski definition) is 3. The maximum absolute atomic E-state index is 10.8. The second-order valence-corrected chi connectivity index (χ2v) is 3.87. The van der Waals surface area contributed by atoms with Crippen molar-refractivity contribution >= 4 is 5.97 Å². The van der Waals surface area contributed by atoms with Gasteiger partial charge in [-0.2, -0.15) is 0 Å². The van der Waals surface area contributed by atoms with Crippen molar-refractivity contribution in [2.75, 3.05) is 6.79 Å². The van der Waals surface area contributed by atoms with E-state index in [1.165, 1.54) is 38.5 Å². The van der Waals surface area contributed by atoms with Gasteiger partial charge in [0.05, 0.1) is 0 Å². The fourth-order valence-corrected chi connectivity index (χ4v) is 1.55. The Balaban J connectivity index is 3.01. The molecule has 0 aliphatic heterocycles. The first-order chi connectivity index (χ1) is 7.31. The number of ether oxygens (including phenoxy) is 1. The van der Waals surface area contributed by atoms with Gasteiger partial charge in [-0.3, -0.25) is 4.79 Å². The molecule has 0 radical (unpaired) electrons. The molecule has 0 bridgehead atoms. The van der Waals surface area contributed by atoms with Crippen LogP contribution in [0.15, 0.2) is 0 Å². The lowest BCUT2D eigenvalue weighted by molar-refractivity contribution is -0.151. The maximum atomic E-state index is 10.8. The molecule has 0 heterocycles. The normalized spacial score (nSPS) is 10.3. The summed E-state index contributed by atoms with van der Waals surface area (Å²) in [5.41, 5.74) is 0. The fourth-order valence-electron chi connectivity index (χ4n) is 1.55. The van der Waals surface area contributed by atoms with E-state index in [0.29, 0.717) is 6.42 Å². The van der Waals surface area contributed by atoms with Gasteiger partial charge in [-0.15, -0.1) is 0 Å². The highest BCUT2D eigenvalue weighted by Crippen LogP contribution is 2.09. The molecule has 0 atom stereocenters. The summed E-state index contributed by atoms with van der Waals surface area (Å²) in [5, 5.41) is 8.32. The van der Waals surface area contributed by atoms with Gasteiger partial charge in [-0.25, -0.2) is 0 Å². The third-order valence-electron chi connectivity index (χ3n) is 2.46. The Morgan fingerprint density at radius 1 is 1.00 bits per heavy atom. The van der Waals surface area contributed by atoms with Crippen molar-refractivity contribution in [3.63, 3.8) is 0 Å². The van der Waals surface area contributed by atoms with E-state index in [0.717, 1.165) is 12.8 Å². The first-order valence-corrected chi connectivity index (χ1v) is 6.07. The van der Waals surface area contributed by atoms with Gasteiger partial charge in [0.15, 0.2) is 6.79 Å². The van der Waals surface area contributed by atoms with Crippen LogP contribution in [0.5, 0.6) is 0 Å². The summed E-state index contributed by atoms with van der Waals surface area (Å²) in [4.78, 5) is 10.8. The predicted octanol–water partition coefficient (Wildman–Crippen LogP) is 3.01. The summed E-state index contributed by atoms with van der Waals surface area (Å²) in [7, 11) is 0. The Morgan fingerprint density at radius 2 is 1.53 bits per heavy atom. The fraction of sp³-hybridized carbons (Fsp3) is 0.917. The molecule has 0 unspecified atom stereocenters. The van der Waals surface area contributed by atoms with Crippen molar-refractivity contribution < 1.29 is 14.6 Å². The summed E-state index contributed by atoms with van der Waals surface area (Å²) in [6.45, 7) is 1.72. The number of aliphatic hydroxyl groups excluding tert-OH is 1. The molecule has 0 aliphatic carbocycles. The number of carbonyl (C=O) groups excluding carboxylic acids is 1. The van der Waals surface area contributed by atoms with Crippen molar-refractivity contribution in [3.05, 3.63) is 0 Å².